The van der Waals surface area contributed by atoms with Crippen molar-refractivity contribution in [3.63, 3.8) is 0 Å². The van der Waals surface area contributed by atoms with E-state index in [2.05, 4.69) is 18.4 Å². The Kier molecular flexibility index (Phi) is 7.05. The monoisotopic (exact) mass is 172 g/mol. The first kappa shape index (κ1) is 11.6. The zero-order valence-electron chi connectivity index (χ0n) is 8.12. The van der Waals surface area contributed by atoms with Crippen LogP contribution in [0.4, 0.5) is 0 Å². The molecule has 0 saturated carbocycles. The van der Waals surface area contributed by atoms with Crippen LogP contribution in [0, 0.1) is 0 Å². The van der Waals surface area contributed by atoms with Gasteiger partial charge in [0, 0.05) is 26.7 Å². The summed E-state index contributed by atoms with van der Waals surface area (Å²) in [6, 6.07) is 0. The van der Waals surface area contributed by atoms with E-state index >= 15 is 0 Å². The molecule has 2 N–H and O–H groups in total. The van der Waals surface area contributed by atoms with Gasteiger partial charge in [-0.2, -0.15) is 0 Å². The number of nitrogens with zero attached hydrogens (tertiary/aromatic N) is 1. The lowest BCUT2D eigenvalue weighted by Crippen LogP contribution is -2.37. The van der Waals surface area contributed by atoms with Gasteiger partial charge in [0.05, 0.1) is 6.10 Å². The van der Waals surface area contributed by atoms with Crippen LogP contribution in [0.25, 0.3) is 0 Å². The number of ether oxygens (including phenoxy) is 1. The highest BCUT2D eigenvalue weighted by Crippen LogP contribution is 1.94. The second kappa shape index (κ2) is 7.28. The summed E-state index contributed by atoms with van der Waals surface area (Å²) in [5.41, 5.74) is 5.50. The molecule has 0 aliphatic rings. The number of hydrogen-bond donors (Lipinski definition) is 1. The van der Waals surface area contributed by atoms with E-state index in [-0.39, 0.29) is 6.10 Å². The maximum absolute atomic E-state index is 5.50. The second-order valence-electron chi connectivity index (χ2n) is 2.73. The minimum atomic E-state index is 0.143. The number of likely N-dealkylation sites (N-methyl/N-ethyl adjacent to an activating group) is 1. The molecule has 0 heterocycles. The third kappa shape index (κ3) is 4.49. The highest BCUT2D eigenvalue weighted by Gasteiger charge is 2.08. The molecule has 3 heteroatoms. The van der Waals surface area contributed by atoms with Gasteiger partial charge in [-0.3, -0.25) is 4.90 Å². The highest BCUT2D eigenvalue weighted by molar-refractivity contribution is 4.75. The van der Waals surface area contributed by atoms with Crippen LogP contribution in [0.3, 0.4) is 0 Å². The predicted molar refractivity (Wildman–Crippen MR) is 52.2 cm³/mol. The molecular weight excluding hydrogens is 152 g/mol. The Morgan fingerprint density at radius 3 is 2.67 bits per heavy atom. The van der Waals surface area contributed by atoms with Gasteiger partial charge < -0.3 is 10.5 Å². The summed E-state index contributed by atoms with van der Waals surface area (Å²) in [6.07, 6.45) is 2.04. The highest BCUT2D eigenvalue weighted by atomic mass is 16.5. The first-order chi connectivity index (χ1) is 5.78. The van der Waals surface area contributed by atoms with Gasteiger partial charge in [0.2, 0.25) is 0 Å². The van der Waals surface area contributed by atoms with Crippen LogP contribution >= 0.6 is 0 Å². The molecule has 0 aromatic rings. The summed E-state index contributed by atoms with van der Waals surface area (Å²) in [5, 5.41) is 0. The van der Waals surface area contributed by atoms with Crippen LogP contribution in [0.5, 0.6) is 0 Å². The molecule has 0 amide bonds. The molecule has 0 radical (unpaired) electrons. The quantitative estimate of drug-likeness (QED) is 0.567. The standard InChI is InChI=1S/C9H20N2O/c1-4-6-11(5-2)8-9(7-10)12-3/h4,9H,1,5-8,10H2,2-3H3. The fourth-order valence-electron chi connectivity index (χ4n) is 1.05. The summed E-state index contributed by atoms with van der Waals surface area (Å²) in [6.45, 7) is 9.17. The molecule has 0 aliphatic heterocycles. The zero-order valence-corrected chi connectivity index (χ0v) is 8.12. The van der Waals surface area contributed by atoms with Crippen molar-refractivity contribution >= 4 is 0 Å². The molecule has 0 aliphatic carbocycles. The van der Waals surface area contributed by atoms with E-state index in [1.165, 1.54) is 0 Å². The predicted octanol–water partition coefficient (Wildman–Crippen LogP) is 0.468. The van der Waals surface area contributed by atoms with E-state index in [0.29, 0.717) is 6.54 Å². The molecule has 72 valence electrons. The van der Waals surface area contributed by atoms with Crippen molar-refractivity contribution < 1.29 is 4.74 Å². The molecule has 0 aromatic carbocycles. The van der Waals surface area contributed by atoms with Crippen molar-refractivity contribution in [3.05, 3.63) is 12.7 Å². The summed E-state index contributed by atoms with van der Waals surface area (Å²) in [4.78, 5) is 2.24. The number of rotatable bonds is 7. The Morgan fingerprint density at radius 1 is 1.67 bits per heavy atom. The maximum atomic E-state index is 5.50. The Balaban J connectivity index is 3.73. The molecule has 12 heavy (non-hydrogen) atoms. The van der Waals surface area contributed by atoms with E-state index in [9.17, 15) is 0 Å². The van der Waals surface area contributed by atoms with Crippen molar-refractivity contribution in [1.82, 2.24) is 4.90 Å². The molecule has 3 nitrogen and oxygen atoms in total. The normalized spacial score (nSPS) is 13.3. The molecule has 0 saturated heterocycles. The number of methoxy groups -OCH3 is 1. The second-order valence-corrected chi connectivity index (χ2v) is 2.73. The Bertz CT molecular complexity index is 113. The molecule has 0 aromatic heterocycles. The third-order valence-electron chi connectivity index (χ3n) is 1.89. The SMILES string of the molecule is C=CCN(CC)CC(CN)OC. The molecule has 0 fully saturated rings. The van der Waals surface area contributed by atoms with E-state index in [1.807, 2.05) is 6.08 Å². The fourth-order valence-corrected chi connectivity index (χ4v) is 1.05. The summed E-state index contributed by atoms with van der Waals surface area (Å²) in [5.74, 6) is 0. The van der Waals surface area contributed by atoms with E-state index in [1.54, 1.807) is 7.11 Å². The van der Waals surface area contributed by atoms with Crippen molar-refractivity contribution in [2.24, 2.45) is 5.73 Å². The fraction of sp³-hybridized carbons (Fsp3) is 0.778. The van der Waals surface area contributed by atoms with Crippen LogP contribution in [0.15, 0.2) is 12.7 Å². The third-order valence-corrected chi connectivity index (χ3v) is 1.89. The van der Waals surface area contributed by atoms with Gasteiger partial charge in [0.25, 0.3) is 0 Å². The van der Waals surface area contributed by atoms with Crippen molar-refractivity contribution in [1.29, 1.82) is 0 Å². The maximum Gasteiger partial charge on any atom is 0.0820 e. The smallest absolute Gasteiger partial charge is 0.0820 e. The van der Waals surface area contributed by atoms with E-state index in [4.69, 9.17) is 10.5 Å². The van der Waals surface area contributed by atoms with Crippen molar-refractivity contribution in [2.75, 3.05) is 33.3 Å². The zero-order chi connectivity index (χ0) is 9.40. The average Bonchev–Trinajstić information content (AvgIpc) is 2.12. The van der Waals surface area contributed by atoms with Crippen LogP contribution in [0.1, 0.15) is 6.92 Å². The Labute approximate surface area is 75.2 Å². The molecule has 0 bridgehead atoms. The van der Waals surface area contributed by atoms with Crippen molar-refractivity contribution in [2.45, 2.75) is 13.0 Å². The number of nitrogens with two attached hydrogens (primary N) is 1. The van der Waals surface area contributed by atoms with Gasteiger partial charge in [-0.25, -0.2) is 0 Å². The van der Waals surface area contributed by atoms with Crippen LogP contribution < -0.4 is 5.73 Å². The first-order valence-electron chi connectivity index (χ1n) is 4.34. The topological polar surface area (TPSA) is 38.5 Å². The molecule has 1 atom stereocenters. The summed E-state index contributed by atoms with van der Waals surface area (Å²) < 4.78 is 5.18. The number of hydrogen-bond acceptors (Lipinski definition) is 3. The van der Waals surface area contributed by atoms with Gasteiger partial charge >= 0.3 is 0 Å². The minimum absolute atomic E-state index is 0.143. The van der Waals surface area contributed by atoms with Gasteiger partial charge in [0.15, 0.2) is 0 Å². The molecule has 0 spiro atoms. The minimum Gasteiger partial charge on any atom is -0.379 e. The van der Waals surface area contributed by atoms with Gasteiger partial charge in [-0.05, 0) is 6.54 Å². The lowest BCUT2D eigenvalue weighted by atomic mass is 10.3. The van der Waals surface area contributed by atoms with Crippen LogP contribution in [0.2, 0.25) is 0 Å². The lowest BCUT2D eigenvalue weighted by Gasteiger charge is -2.23. The average molecular weight is 172 g/mol. The Hall–Kier alpha value is -0.380. The first-order valence-corrected chi connectivity index (χ1v) is 4.34. The van der Waals surface area contributed by atoms with Gasteiger partial charge in [-0.15, -0.1) is 6.58 Å². The van der Waals surface area contributed by atoms with E-state index < -0.39 is 0 Å². The van der Waals surface area contributed by atoms with Crippen LogP contribution in [-0.4, -0.2) is 44.3 Å². The molecule has 1 unspecified atom stereocenters. The molecule has 0 rings (SSSR count). The van der Waals surface area contributed by atoms with Crippen LogP contribution in [-0.2, 0) is 4.74 Å². The van der Waals surface area contributed by atoms with Crippen molar-refractivity contribution in [3.8, 4) is 0 Å². The van der Waals surface area contributed by atoms with Gasteiger partial charge in [0.1, 0.15) is 0 Å². The van der Waals surface area contributed by atoms with E-state index in [0.717, 1.165) is 19.6 Å². The molecular formula is C9H20N2O. The Morgan fingerprint density at radius 2 is 2.33 bits per heavy atom. The largest absolute Gasteiger partial charge is 0.379 e. The van der Waals surface area contributed by atoms with Gasteiger partial charge in [-0.1, -0.05) is 13.0 Å². The summed E-state index contributed by atoms with van der Waals surface area (Å²) in [7, 11) is 1.69. The summed E-state index contributed by atoms with van der Waals surface area (Å²) >= 11 is 0. The lowest BCUT2D eigenvalue weighted by molar-refractivity contribution is 0.0753.